The number of hydrogen-bond donors (Lipinski definition) is 0. The number of anilines is 3. The van der Waals surface area contributed by atoms with Gasteiger partial charge in [-0.15, -0.1) is 22.7 Å². The van der Waals surface area contributed by atoms with Crippen LogP contribution in [-0.4, -0.2) is 29.1 Å². The lowest BCUT2D eigenvalue weighted by Crippen LogP contribution is -2.09. The Bertz CT molecular complexity index is 8580. The zero-order valence-electron chi connectivity index (χ0n) is 66.3. The average Bonchev–Trinajstić information content (AvgIpc) is 1.56. The van der Waals surface area contributed by atoms with Crippen molar-refractivity contribution in [3.05, 3.63) is 419 Å². The summed E-state index contributed by atoms with van der Waals surface area (Å²) in [4.78, 5) is 24.6. The predicted octanol–water partition coefficient (Wildman–Crippen LogP) is 31.6. The molecule has 0 bridgehead atoms. The van der Waals surface area contributed by atoms with Gasteiger partial charge >= 0.3 is 0 Å². The van der Waals surface area contributed by atoms with Gasteiger partial charge in [-0.1, -0.05) is 303 Å². The van der Waals surface area contributed by atoms with E-state index in [9.17, 15) is 0 Å². The number of nitrogens with zero attached hydrogens (tertiary/aromatic N) is 7. The van der Waals surface area contributed by atoms with Gasteiger partial charge in [0.15, 0.2) is 5.82 Å². The Morgan fingerprint density at radius 1 is 0.220 bits per heavy atom. The summed E-state index contributed by atoms with van der Waals surface area (Å²) in [6.07, 6.45) is 0. The van der Waals surface area contributed by atoms with Gasteiger partial charge in [0.2, 0.25) is 5.95 Å². The molecular weight excluding hydrogens is 1530 g/mol. The minimum Gasteiger partial charge on any atom is -0.311 e. The van der Waals surface area contributed by atoms with Crippen LogP contribution >= 0.6 is 22.7 Å². The van der Waals surface area contributed by atoms with Crippen LogP contribution in [0, 0.1) is 0 Å². The molecule has 0 atom stereocenters. The maximum Gasteiger partial charge on any atom is 0.235 e. The molecule has 0 saturated heterocycles. The Morgan fingerprint density at radius 2 is 0.675 bits per heavy atom. The molecule has 9 heteroatoms. The van der Waals surface area contributed by atoms with E-state index < -0.39 is 0 Å². The normalized spacial score (nSPS) is 11.9. The van der Waals surface area contributed by atoms with Crippen molar-refractivity contribution in [2.45, 2.75) is 0 Å². The fourth-order valence-electron chi connectivity index (χ4n) is 19.1. The fraction of sp³-hybridized carbons (Fsp3) is 0. The molecule has 7 nitrogen and oxygen atoms in total. The van der Waals surface area contributed by atoms with E-state index in [0.717, 1.165) is 150 Å². The van der Waals surface area contributed by atoms with Crippen molar-refractivity contribution in [1.82, 2.24) is 29.1 Å². The van der Waals surface area contributed by atoms with Crippen LogP contribution < -0.4 is 4.90 Å². The van der Waals surface area contributed by atoms with E-state index in [4.69, 9.17) is 19.9 Å². The van der Waals surface area contributed by atoms with Gasteiger partial charge in [-0.25, -0.2) is 19.9 Å². The predicted molar refractivity (Wildman–Crippen MR) is 520 cm³/mol. The van der Waals surface area contributed by atoms with Gasteiger partial charge in [0, 0.05) is 117 Å². The van der Waals surface area contributed by atoms with Crippen LogP contribution in [0.3, 0.4) is 0 Å². The lowest BCUT2D eigenvalue weighted by atomic mass is 9.92. The molecule has 0 N–H and O–H groups in total. The molecule has 6 aromatic heterocycles. The summed E-state index contributed by atoms with van der Waals surface area (Å²) in [5.74, 6) is 1.31. The van der Waals surface area contributed by atoms with Gasteiger partial charge in [-0.3, -0.25) is 4.57 Å². The maximum atomic E-state index is 5.87. The Balaban J connectivity index is 0.544. The standard InChI is InChI=1S/C114H69N7S2/c1-5-25-70(26-6-1)79-63-96-97-67-93(86-35-15-16-38-89(86)111(97)123-112(96)99(65-79)109-91-40-18-22-42-101(91)116-114(118-109)121-103-44-24-20-37-88(103)95-68-94-87-36-19-23-43-102(87)120(104(94)69-105(95)121)82-32-11-4-12-33-82)77-49-45-72(46-50-77)74-53-58-83(59-54-74)119(81-30-9-3-10-31-81)84-60-55-75(56-61-84)73-47-51-78(52-48-73)113-115-100-41-21-17-39-90(100)108(117-113)98-64-80(71-27-7-2-8-28-71)66-106-107(98)92-62-57-76-29-13-14-34-85(76)110(92)122-106/h1-69H. The second kappa shape index (κ2) is 28.5. The van der Waals surface area contributed by atoms with Crippen molar-refractivity contribution in [1.29, 1.82) is 0 Å². The SMILES string of the molecule is c1ccc(-c2cc(-c3nc(-c4ccc(-c5ccc(N(c6ccccc6)c6ccc(-c7ccc(-c8cc9c%10cc(-c%11ccccc%11)cc(-c%11nc(-n%12c%13ccccc%13c%13cc%14c%15ccccc%15n(-c%15ccccc%15)c%14cc%13%12)nc%12ccccc%11%12)c%10sc9c9ccccc89)cc7)cc6)cc5)cc4)nc4ccccc34)c3c(c2)sc2c4ccccc4ccc23)cc1. The number of para-hydroxylation sites is 6. The number of rotatable bonds is 13. The second-order valence-corrected chi connectivity index (χ2v) is 34.0. The highest BCUT2D eigenvalue weighted by Gasteiger charge is 2.27. The Labute approximate surface area is 715 Å². The van der Waals surface area contributed by atoms with Crippen molar-refractivity contribution >= 4 is 167 Å². The molecule has 6 heterocycles. The largest absolute Gasteiger partial charge is 0.311 e. The summed E-state index contributed by atoms with van der Waals surface area (Å²) in [6, 6.07) is 152. The third-order valence-corrected chi connectivity index (χ3v) is 27.4. The Hall–Kier alpha value is -15.8. The topological polar surface area (TPSA) is 64.7 Å². The van der Waals surface area contributed by atoms with Crippen molar-refractivity contribution in [2.24, 2.45) is 0 Å². The van der Waals surface area contributed by atoms with Crippen LogP contribution in [0.4, 0.5) is 17.1 Å². The first-order chi connectivity index (χ1) is 61.0. The van der Waals surface area contributed by atoms with E-state index in [0.29, 0.717) is 11.8 Å². The van der Waals surface area contributed by atoms with Crippen LogP contribution in [0.15, 0.2) is 419 Å². The summed E-state index contributed by atoms with van der Waals surface area (Å²) in [7, 11) is 0. The van der Waals surface area contributed by atoms with Gasteiger partial charge < -0.3 is 9.47 Å². The molecule has 0 radical (unpaired) electrons. The molecule has 572 valence electrons. The fourth-order valence-corrected chi connectivity index (χ4v) is 21.7. The third-order valence-electron chi connectivity index (χ3n) is 24.9. The first kappa shape index (κ1) is 70.3. The van der Waals surface area contributed by atoms with Crippen LogP contribution in [0.5, 0.6) is 0 Å². The lowest BCUT2D eigenvalue weighted by Gasteiger charge is -2.26. The number of fused-ring (bicyclic) bond motifs is 18. The minimum atomic E-state index is 0.619. The summed E-state index contributed by atoms with van der Waals surface area (Å²) in [5, 5.41) is 16.5. The third kappa shape index (κ3) is 11.6. The summed E-state index contributed by atoms with van der Waals surface area (Å²) >= 11 is 3.73. The van der Waals surface area contributed by atoms with Crippen molar-refractivity contribution in [2.75, 3.05) is 4.90 Å². The molecule has 123 heavy (non-hydrogen) atoms. The van der Waals surface area contributed by atoms with E-state index in [1.54, 1.807) is 0 Å². The smallest absolute Gasteiger partial charge is 0.235 e. The number of aromatic nitrogens is 6. The van der Waals surface area contributed by atoms with Crippen molar-refractivity contribution in [3.63, 3.8) is 0 Å². The molecule has 0 aliphatic carbocycles. The van der Waals surface area contributed by atoms with Crippen molar-refractivity contribution < 1.29 is 0 Å². The van der Waals surface area contributed by atoms with Gasteiger partial charge in [0.05, 0.1) is 44.5 Å². The molecule has 0 amide bonds. The summed E-state index contributed by atoms with van der Waals surface area (Å²) < 4.78 is 9.63. The van der Waals surface area contributed by atoms with Crippen LogP contribution in [0.25, 0.3) is 228 Å². The van der Waals surface area contributed by atoms with E-state index in [-0.39, 0.29) is 0 Å². The molecule has 0 spiro atoms. The van der Waals surface area contributed by atoms with E-state index in [1.807, 2.05) is 22.7 Å². The molecule has 0 aliphatic rings. The lowest BCUT2D eigenvalue weighted by molar-refractivity contribution is 1.01. The van der Waals surface area contributed by atoms with E-state index in [1.165, 1.54) is 83.8 Å². The van der Waals surface area contributed by atoms with Gasteiger partial charge in [0.1, 0.15) is 0 Å². The highest BCUT2D eigenvalue weighted by molar-refractivity contribution is 7.27. The zero-order chi connectivity index (χ0) is 80.7. The van der Waals surface area contributed by atoms with Crippen LogP contribution in [0.1, 0.15) is 0 Å². The Kier molecular flexibility index (Phi) is 16.3. The number of thiophene rings is 2. The molecule has 25 aromatic rings. The van der Waals surface area contributed by atoms with E-state index in [2.05, 4.69) is 433 Å². The molecule has 0 unspecified atom stereocenters. The summed E-state index contributed by atoms with van der Waals surface area (Å²) in [6.45, 7) is 0. The molecule has 0 fully saturated rings. The second-order valence-electron chi connectivity index (χ2n) is 31.9. The minimum absolute atomic E-state index is 0.619. The molecule has 25 rings (SSSR count). The number of benzene rings is 19. The summed E-state index contributed by atoms with van der Waals surface area (Å²) in [5.41, 5.74) is 26.8. The molecule has 19 aromatic carbocycles. The molecular formula is C114H69N7S2. The number of hydrogen-bond acceptors (Lipinski definition) is 7. The average molecular weight is 1600 g/mol. The first-order valence-corrected chi connectivity index (χ1v) is 43.3. The molecule has 0 aliphatic heterocycles. The van der Waals surface area contributed by atoms with E-state index >= 15 is 0 Å². The quantitative estimate of drug-likeness (QED) is 0.115. The first-order valence-electron chi connectivity index (χ1n) is 41.7. The Morgan fingerprint density at radius 3 is 1.32 bits per heavy atom. The van der Waals surface area contributed by atoms with Gasteiger partial charge in [0.25, 0.3) is 0 Å². The van der Waals surface area contributed by atoms with Crippen LogP contribution in [0.2, 0.25) is 0 Å². The highest BCUT2D eigenvalue weighted by Crippen LogP contribution is 2.52. The van der Waals surface area contributed by atoms with Gasteiger partial charge in [-0.2, -0.15) is 0 Å². The zero-order valence-corrected chi connectivity index (χ0v) is 67.9. The maximum absolute atomic E-state index is 5.87. The van der Waals surface area contributed by atoms with Crippen molar-refractivity contribution in [3.8, 4) is 101 Å². The molecule has 0 saturated carbocycles. The van der Waals surface area contributed by atoms with Gasteiger partial charge in [-0.05, 0) is 187 Å². The monoisotopic (exact) mass is 1600 g/mol. The van der Waals surface area contributed by atoms with Crippen LogP contribution in [-0.2, 0) is 0 Å². The highest BCUT2D eigenvalue weighted by atomic mass is 32.1.